The SMILES string of the molecule is CCn1cc(C(=O)NC2CC3(C2)CC(C(=O)O[C@@H](C)c2ccccc2)C3)c2c(Cc3ccc(C(F)(F)F)cc3)cccc21. The average Bonchev–Trinajstić information content (AvgIpc) is 3.33. The number of rotatable bonds is 8. The first-order valence-corrected chi connectivity index (χ1v) is 14.9. The first-order valence-electron chi connectivity index (χ1n) is 14.9. The van der Waals surface area contributed by atoms with E-state index in [1.807, 2.05) is 73.1 Å². The number of nitrogens with one attached hydrogen (secondary N) is 1. The first-order chi connectivity index (χ1) is 20.5. The highest BCUT2D eigenvalue weighted by Gasteiger charge is 2.55. The Bertz CT molecular complexity index is 1630. The molecule has 0 saturated heterocycles. The van der Waals surface area contributed by atoms with E-state index in [2.05, 4.69) is 5.32 Å². The molecule has 2 fully saturated rings. The first kappa shape index (κ1) is 29.0. The Morgan fingerprint density at radius 2 is 1.67 bits per heavy atom. The van der Waals surface area contributed by atoms with Crippen LogP contribution in [0.2, 0.25) is 0 Å². The van der Waals surface area contributed by atoms with Crippen LogP contribution in [0, 0.1) is 11.3 Å². The zero-order valence-corrected chi connectivity index (χ0v) is 24.3. The van der Waals surface area contributed by atoms with Crippen LogP contribution in [0.15, 0.2) is 79.0 Å². The second-order valence-electron chi connectivity index (χ2n) is 12.2. The molecule has 4 aromatic rings. The third-order valence-electron chi connectivity index (χ3n) is 9.20. The van der Waals surface area contributed by atoms with E-state index >= 15 is 0 Å². The fourth-order valence-corrected chi connectivity index (χ4v) is 6.94. The Kier molecular flexibility index (Phi) is 7.57. The molecule has 5 nitrogen and oxygen atoms in total. The third kappa shape index (κ3) is 5.79. The molecule has 2 saturated carbocycles. The van der Waals surface area contributed by atoms with E-state index in [1.54, 1.807) is 0 Å². The smallest absolute Gasteiger partial charge is 0.416 e. The molecule has 0 unspecified atom stereocenters. The number of carbonyl (C=O) groups excluding carboxylic acids is 2. The number of esters is 1. The van der Waals surface area contributed by atoms with Gasteiger partial charge in [-0.05, 0) is 86.3 Å². The van der Waals surface area contributed by atoms with Crippen molar-refractivity contribution in [1.82, 2.24) is 9.88 Å². The number of benzene rings is 3. The summed E-state index contributed by atoms with van der Waals surface area (Å²) in [5, 5.41) is 4.03. The summed E-state index contributed by atoms with van der Waals surface area (Å²) in [5.74, 6) is -0.399. The number of alkyl halides is 3. The number of hydrogen-bond donors (Lipinski definition) is 1. The lowest BCUT2D eigenvalue weighted by molar-refractivity contribution is -0.167. The monoisotopic (exact) mass is 588 g/mol. The number of aryl methyl sites for hydroxylation is 1. The third-order valence-corrected chi connectivity index (χ3v) is 9.20. The summed E-state index contributed by atoms with van der Waals surface area (Å²) in [6, 6.07) is 20.8. The second-order valence-corrected chi connectivity index (χ2v) is 12.2. The van der Waals surface area contributed by atoms with E-state index in [0.717, 1.165) is 65.4 Å². The van der Waals surface area contributed by atoms with Gasteiger partial charge in [-0.1, -0.05) is 54.6 Å². The summed E-state index contributed by atoms with van der Waals surface area (Å²) in [6.07, 6.45) is 0.853. The van der Waals surface area contributed by atoms with E-state index < -0.39 is 11.7 Å². The molecule has 1 spiro atoms. The van der Waals surface area contributed by atoms with Gasteiger partial charge in [0.25, 0.3) is 5.91 Å². The number of halogens is 3. The summed E-state index contributed by atoms with van der Waals surface area (Å²) >= 11 is 0. The fourth-order valence-electron chi connectivity index (χ4n) is 6.94. The van der Waals surface area contributed by atoms with Gasteiger partial charge >= 0.3 is 12.1 Å². The van der Waals surface area contributed by atoms with Crippen LogP contribution < -0.4 is 5.32 Å². The molecule has 1 heterocycles. The maximum atomic E-state index is 13.6. The number of carbonyl (C=O) groups is 2. The molecule has 1 aromatic heterocycles. The minimum Gasteiger partial charge on any atom is -0.458 e. The molecule has 0 bridgehead atoms. The van der Waals surface area contributed by atoms with Crippen molar-refractivity contribution in [2.75, 3.05) is 0 Å². The molecule has 224 valence electrons. The van der Waals surface area contributed by atoms with Crippen LogP contribution in [-0.2, 0) is 28.7 Å². The van der Waals surface area contributed by atoms with Crippen molar-refractivity contribution in [3.63, 3.8) is 0 Å². The van der Waals surface area contributed by atoms with Crippen LogP contribution in [0.3, 0.4) is 0 Å². The number of fused-ring (bicyclic) bond motifs is 1. The van der Waals surface area contributed by atoms with E-state index in [-0.39, 0.29) is 35.4 Å². The normalized spacial score (nSPS) is 22.1. The van der Waals surface area contributed by atoms with Gasteiger partial charge in [0.15, 0.2) is 0 Å². The Morgan fingerprint density at radius 1 is 0.977 bits per heavy atom. The highest BCUT2D eigenvalue weighted by Crippen LogP contribution is 2.59. The number of amides is 1. The molecule has 0 radical (unpaired) electrons. The van der Waals surface area contributed by atoms with Crippen molar-refractivity contribution in [3.05, 3.63) is 107 Å². The number of hydrogen-bond acceptors (Lipinski definition) is 3. The molecule has 6 rings (SSSR count). The minimum atomic E-state index is -4.38. The van der Waals surface area contributed by atoms with Gasteiger partial charge in [0.05, 0.1) is 17.0 Å². The molecule has 43 heavy (non-hydrogen) atoms. The van der Waals surface area contributed by atoms with Gasteiger partial charge in [-0.3, -0.25) is 9.59 Å². The summed E-state index contributed by atoms with van der Waals surface area (Å²) in [6.45, 7) is 4.58. The summed E-state index contributed by atoms with van der Waals surface area (Å²) in [5.41, 5.74) is 3.52. The zero-order chi connectivity index (χ0) is 30.4. The van der Waals surface area contributed by atoms with Crippen LogP contribution in [-0.4, -0.2) is 22.5 Å². The van der Waals surface area contributed by atoms with Crippen LogP contribution >= 0.6 is 0 Å². The van der Waals surface area contributed by atoms with Crippen LogP contribution in [0.5, 0.6) is 0 Å². The molecule has 0 aliphatic heterocycles. The van der Waals surface area contributed by atoms with Crippen molar-refractivity contribution in [1.29, 1.82) is 0 Å². The Hall–Kier alpha value is -4.07. The maximum absolute atomic E-state index is 13.6. The van der Waals surface area contributed by atoms with Gasteiger partial charge in [0, 0.05) is 29.7 Å². The van der Waals surface area contributed by atoms with Crippen molar-refractivity contribution in [3.8, 4) is 0 Å². The fraction of sp³-hybridized carbons (Fsp3) is 0.371. The molecule has 2 aliphatic rings. The standard InChI is InChI=1S/C35H35F3N2O3/c1-3-40-21-29(31-25(10-7-11-30(31)40)16-23-12-14-27(15-13-23)35(36,37)38)32(41)39-28-19-34(20-28)17-26(18-34)33(42)43-22(2)24-8-5-4-6-9-24/h4-15,21-22,26,28H,3,16-20H2,1-2H3,(H,39,41)/t22-,26?,28?,34?/m0/s1. The van der Waals surface area contributed by atoms with Gasteiger partial charge in [0.2, 0.25) is 0 Å². The molecule has 2 aliphatic carbocycles. The number of nitrogens with zero attached hydrogens (tertiary/aromatic N) is 1. The second kappa shape index (κ2) is 11.2. The Morgan fingerprint density at radius 3 is 2.33 bits per heavy atom. The summed E-state index contributed by atoms with van der Waals surface area (Å²) in [7, 11) is 0. The Labute approximate surface area is 249 Å². The molecule has 1 atom stereocenters. The van der Waals surface area contributed by atoms with Crippen LogP contribution in [0.25, 0.3) is 10.9 Å². The van der Waals surface area contributed by atoms with Gasteiger partial charge in [-0.15, -0.1) is 0 Å². The van der Waals surface area contributed by atoms with E-state index in [1.165, 1.54) is 12.1 Å². The lowest BCUT2D eigenvalue weighted by Gasteiger charge is -2.57. The van der Waals surface area contributed by atoms with Crippen molar-refractivity contribution >= 4 is 22.8 Å². The van der Waals surface area contributed by atoms with Gasteiger partial charge < -0.3 is 14.6 Å². The van der Waals surface area contributed by atoms with Gasteiger partial charge in [-0.2, -0.15) is 13.2 Å². The van der Waals surface area contributed by atoms with Crippen LogP contribution in [0.4, 0.5) is 13.2 Å². The predicted molar refractivity (Wildman–Crippen MR) is 158 cm³/mol. The lowest BCUT2D eigenvalue weighted by Crippen LogP contribution is -2.57. The molecule has 8 heteroatoms. The molecule has 3 aromatic carbocycles. The van der Waals surface area contributed by atoms with Crippen LogP contribution in [0.1, 0.15) is 78.2 Å². The summed E-state index contributed by atoms with van der Waals surface area (Å²) < 4.78 is 46.9. The molecule has 1 N–H and O–H groups in total. The molecular formula is C35H35F3N2O3. The minimum absolute atomic E-state index is 0.0369. The highest BCUT2D eigenvalue weighted by atomic mass is 19.4. The zero-order valence-electron chi connectivity index (χ0n) is 24.3. The largest absolute Gasteiger partial charge is 0.458 e. The van der Waals surface area contributed by atoms with E-state index in [9.17, 15) is 22.8 Å². The average molecular weight is 589 g/mol. The van der Waals surface area contributed by atoms with Gasteiger partial charge in [-0.25, -0.2) is 0 Å². The maximum Gasteiger partial charge on any atom is 0.416 e. The molecular weight excluding hydrogens is 553 g/mol. The van der Waals surface area contributed by atoms with Gasteiger partial charge in [0.1, 0.15) is 6.10 Å². The van der Waals surface area contributed by atoms with E-state index in [0.29, 0.717) is 18.5 Å². The number of ether oxygens (including phenoxy) is 1. The van der Waals surface area contributed by atoms with Crippen molar-refractivity contribution in [2.45, 2.75) is 70.8 Å². The number of aromatic nitrogens is 1. The topological polar surface area (TPSA) is 60.3 Å². The highest BCUT2D eigenvalue weighted by molar-refractivity contribution is 6.08. The molecule has 1 amide bonds. The van der Waals surface area contributed by atoms with Crippen molar-refractivity contribution in [2.24, 2.45) is 11.3 Å². The van der Waals surface area contributed by atoms with Crippen molar-refractivity contribution < 1.29 is 27.5 Å². The quantitative estimate of drug-likeness (QED) is 0.213. The Balaban J connectivity index is 1.09. The predicted octanol–water partition coefficient (Wildman–Crippen LogP) is 7.86. The van der Waals surface area contributed by atoms with E-state index in [4.69, 9.17) is 4.74 Å². The summed E-state index contributed by atoms with van der Waals surface area (Å²) in [4.78, 5) is 26.3. The lowest BCUT2D eigenvalue weighted by atomic mass is 9.50.